The molecule has 74 valence electrons. The van der Waals surface area contributed by atoms with Gasteiger partial charge in [0.15, 0.2) is 0 Å². The lowest BCUT2D eigenvalue weighted by Gasteiger charge is -2.57. The maximum absolute atomic E-state index is 12.7. The highest BCUT2D eigenvalue weighted by atomic mass is 19.1. The van der Waals surface area contributed by atoms with Crippen LogP contribution < -0.4 is 10.6 Å². The lowest BCUT2D eigenvalue weighted by molar-refractivity contribution is 0.0206. The summed E-state index contributed by atoms with van der Waals surface area (Å²) in [4.78, 5) is 0. The topological polar surface area (TPSA) is 24.1 Å². The monoisotopic (exact) mass is 192 g/mol. The molecule has 0 bridgehead atoms. The van der Waals surface area contributed by atoms with Crippen molar-refractivity contribution in [2.45, 2.75) is 6.04 Å². The summed E-state index contributed by atoms with van der Waals surface area (Å²) in [5.41, 5.74) is 1.62. The third-order valence-electron chi connectivity index (χ3n) is 3.43. The summed E-state index contributed by atoms with van der Waals surface area (Å²) in [6.45, 7) is 3.26. The Bertz CT molecular complexity index is 337. The number of halogens is 1. The van der Waals surface area contributed by atoms with Crippen molar-refractivity contribution in [3.63, 3.8) is 0 Å². The van der Waals surface area contributed by atoms with Gasteiger partial charge < -0.3 is 10.6 Å². The van der Waals surface area contributed by atoms with Gasteiger partial charge in [-0.1, -0.05) is 12.1 Å². The Kier molecular flexibility index (Phi) is 1.66. The minimum absolute atomic E-state index is 0.158. The second kappa shape index (κ2) is 2.78. The van der Waals surface area contributed by atoms with E-state index in [1.54, 1.807) is 0 Å². The summed E-state index contributed by atoms with van der Waals surface area (Å²) in [5, 5.41) is 6.71. The molecular weight excluding hydrogens is 179 g/mol. The van der Waals surface area contributed by atoms with E-state index in [4.69, 9.17) is 0 Å². The van der Waals surface area contributed by atoms with Gasteiger partial charge in [0.2, 0.25) is 0 Å². The van der Waals surface area contributed by atoms with Crippen LogP contribution in [-0.2, 0) is 0 Å². The van der Waals surface area contributed by atoms with E-state index in [0.717, 1.165) is 19.6 Å². The van der Waals surface area contributed by atoms with E-state index >= 15 is 0 Å². The lowest BCUT2D eigenvalue weighted by atomic mass is 9.66. The number of rotatable bonds is 1. The van der Waals surface area contributed by atoms with Crippen LogP contribution in [0.5, 0.6) is 0 Å². The quantitative estimate of drug-likeness (QED) is 0.695. The highest BCUT2D eigenvalue weighted by Crippen LogP contribution is 2.43. The van der Waals surface area contributed by atoms with Crippen molar-refractivity contribution in [2.75, 3.05) is 19.6 Å². The smallest absolute Gasteiger partial charge is 0.123 e. The predicted molar refractivity (Wildman–Crippen MR) is 52.4 cm³/mol. The Morgan fingerprint density at radius 1 is 1.14 bits per heavy atom. The first-order valence-electron chi connectivity index (χ1n) is 5.00. The average Bonchev–Trinajstić information content (AvgIpc) is 2.04. The van der Waals surface area contributed by atoms with Gasteiger partial charge in [-0.3, -0.25) is 0 Å². The lowest BCUT2D eigenvalue weighted by Crippen LogP contribution is -2.71. The molecule has 2 fully saturated rings. The number of hydrogen-bond donors (Lipinski definition) is 2. The predicted octanol–water partition coefficient (Wildman–Crippen LogP) is 1.06. The third-order valence-corrected chi connectivity index (χ3v) is 3.43. The fourth-order valence-corrected chi connectivity index (χ4v) is 2.39. The minimum Gasteiger partial charge on any atom is -0.315 e. The molecule has 1 aromatic carbocycles. The Balaban J connectivity index is 1.85. The van der Waals surface area contributed by atoms with Crippen LogP contribution in [0, 0.1) is 11.2 Å². The van der Waals surface area contributed by atoms with Gasteiger partial charge in [0.1, 0.15) is 5.82 Å². The first kappa shape index (κ1) is 8.38. The molecule has 2 saturated heterocycles. The SMILES string of the molecule is Fc1ccc(C2NCC23CNC3)cc1. The highest BCUT2D eigenvalue weighted by molar-refractivity contribution is 5.28. The standard InChI is InChI=1S/C11H13FN2/c12-9-3-1-8(2-4-9)10-11(7-14-10)5-13-6-11/h1-4,10,13-14H,5-7H2. The zero-order valence-electron chi connectivity index (χ0n) is 7.89. The van der Waals surface area contributed by atoms with Crippen molar-refractivity contribution in [2.24, 2.45) is 5.41 Å². The second-order valence-electron chi connectivity index (χ2n) is 4.33. The molecule has 0 radical (unpaired) electrons. The summed E-state index contributed by atoms with van der Waals surface area (Å²) in [5.74, 6) is -0.158. The normalized spacial score (nSPS) is 28.2. The maximum Gasteiger partial charge on any atom is 0.123 e. The van der Waals surface area contributed by atoms with Gasteiger partial charge in [0.25, 0.3) is 0 Å². The van der Waals surface area contributed by atoms with Crippen LogP contribution in [0.4, 0.5) is 4.39 Å². The first-order valence-corrected chi connectivity index (χ1v) is 5.00. The fraction of sp³-hybridized carbons (Fsp3) is 0.455. The molecule has 2 heterocycles. The number of benzene rings is 1. The van der Waals surface area contributed by atoms with E-state index in [1.807, 2.05) is 12.1 Å². The molecule has 2 N–H and O–H groups in total. The van der Waals surface area contributed by atoms with Gasteiger partial charge in [-0.15, -0.1) is 0 Å². The first-order chi connectivity index (χ1) is 6.80. The Morgan fingerprint density at radius 3 is 2.29 bits per heavy atom. The average molecular weight is 192 g/mol. The summed E-state index contributed by atoms with van der Waals surface area (Å²) in [6, 6.07) is 7.26. The zero-order valence-corrected chi connectivity index (χ0v) is 7.89. The molecule has 1 aromatic rings. The van der Waals surface area contributed by atoms with Crippen molar-refractivity contribution < 1.29 is 4.39 Å². The van der Waals surface area contributed by atoms with Gasteiger partial charge >= 0.3 is 0 Å². The van der Waals surface area contributed by atoms with Crippen LogP contribution in [0.1, 0.15) is 11.6 Å². The van der Waals surface area contributed by atoms with Crippen LogP contribution in [0.2, 0.25) is 0 Å². The highest BCUT2D eigenvalue weighted by Gasteiger charge is 2.51. The molecule has 1 spiro atoms. The summed E-state index contributed by atoms with van der Waals surface area (Å²) in [6.07, 6.45) is 0. The van der Waals surface area contributed by atoms with Crippen LogP contribution in [0.3, 0.4) is 0 Å². The third kappa shape index (κ3) is 1.03. The molecule has 3 rings (SSSR count). The molecule has 0 aromatic heterocycles. The van der Waals surface area contributed by atoms with Crippen molar-refractivity contribution in [1.29, 1.82) is 0 Å². The van der Waals surface area contributed by atoms with Gasteiger partial charge in [-0.2, -0.15) is 0 Å². The van der Waals surface area contributed by atoms with E-state index in [0.29, 0.717) is 11.5 Å². The van der Waals surface area contributed by atoms with E-state index in [1.165, 1.54) is 17.7 Å². The number of hydrogen-bond acceptors (Lipinski definition) is 2. The van der Waals surface area contributed by atoms with Crippen LogP contribution >= 0.6 is 0 Å². The van der Waals surface area contributed by atoms with Crippen LogP contribution in [-0.4, -0.2) is 19.6 Å². The molecule has 14 heavy (non-hydrogen) atoms. The van der Waals surface area contributed by atoms with Gasteiger partial charge in [-0.05, 0) is 17.7 Å². The van der Waals surface area contributed by atoms with Crippen LogP contribution in [0.15, 0.2) is 24.3 Å². The molecule has 1 atom stereocenters. The summed E-state index contributed by atoms with van der Waals surface area (Å²) < 4.78 is 12.7. The van der Waals surface area contributed by atoms with Gasteiger partial charge in [0.05, 0.1) is 0 Å². The van der Waals surface area contributed by atoms with Crippen molar-refractivity contribution in [3.05, 3.63) is 35.6 Å². The van der Waals surface area contributed by atoms with E-state index < -0.39 is 0 Å². The van der Waals surface area contributed by atoms with Gasteiger partial charge in [0, 0.05) is 31.1 Å². The maximum atomic E-state index is 12.7. The van der Waals surface area contributed by atoms with Crippen molar-refractivity contribution in [1.82, 2.24) is 10.6 Å². The Labute approximate surface area is 82.5 Å². The van der Waals surface area contributed by atoms with E-state index in [-0.39, 0.29) is 5.82 Å². The van der Waals surface area contributed by atoms with Gasteiger partial charge in [-0.25, -0.2) is 4.39 Å². The minimum atomic E-state index is -0.158. The number of nitrogens with one attached hydrogen (secondary N) is 2. The molecule has 3 heteroatoms. The van der Waals surface area contributed by atoms with E-state index in [9.17, 15) is 4.39 Å². The summed E-state index contributed by atoms with van der Waals surface area (Å²) >= 11 is 0. The van der Waals surface area contributed by atoms with Crippen molar-refractivity contribution >= 4 is 0 Å². The van der Waals surface area contributed by atoms with Crippen molar-refractivity contribution in [3.8, 4) is 0 Å². The summed E-state index contributed by atoms with van der Waals surface area (Å²) in [7, 11) is 0. The molecule has 0 saturated carbocycles. The fourth-order valence-electron chi connectivity index (χ4n) is 2.39. The molecule has 2 aliphatic rings. The largest absolute Gasteiger partial charge is 0.315 e. The molecular formula is C11H13FN2. The molecule has 2 aliphatic heterocycles. The Morgan fingerprint density at radius 2 is 1.86 bits per heavy atom. The Hall–Kier alpha value is -0.930. The second-order valence-corrected chi connectivity index (χ2v) is 4.33. The van der Waals surface area contributed by atoms with E-state index in [2.05, 4.69) is 10.6 Å². The molecule has 1 unspecified atom stereocenters. The molecule has 0 amide bonds. The molecule has 0 aliphatic carbocycles. The molecule has 2 nitrogen and oxygen atoms in total. The van der Waals surface area contributed by atoms with Crippen LogP contribution in [0.25, 0.3) is 0 Å². The zero-order chi connectivity index (χ0) is 9.60.